The monoisotopic (exact) mass is 261 g/mol. The van der Waals surface area contributed by atoms with Crippen molar-refractivity contribution in [2.24, 2.45) is 0 Å². The number of benzene rings is 1. The van der Waals surface area contributed by atoms with Crippen molar-refractivity contribution in [1.29, 1.82) is 0 Å². The van der Waals surface area contributed by atoms with E-state index in [1.807, 2.05) is 19.1 Å². The molecule has 0 spiro atoms. The van der Waals surface area contributed by atoms with Gasteiger partial charge in [0.15, 0.2) is 0 Å². The third-order valence-electron chi connectivity index (χ3n) is 3.07. The standard InChI is InChI=1S/C16H23NO2/c1-5-17(6-2)15-10-8-14(9-11-15)13(4)12-16(18)19-7-3/h8-12H,5-7H2,1-4H3/b13-12-. The van der Waals surface area contributed by atoms with Gasteiger partial charge in [-0.05, 0) is 51.0 Å². The number of carbonyl (C=O) groups is 1. The van der Waals surface area contributed by atoms with E-state index in [1.54, 1.807) is 6.92 Å². The maximum atomic E-state index is 11.4. The van der Waals surface area contributed by atoms with E-state index < -0.39 is 0 Å². The number of ether oxygens (including phenoxy) is 1. The van der Waals surface area contributed by atoms with Gasteiger partial charge >= 0.3 is 5.97 Å². The Morgan fingerprint density at radius 2 is 1.74 bits per heavy atom. The summed E-state index contributed by atoms with van der Waals surface area (Å²) >= 11 is 0. The highest BCUT2D eigenvalue weighted by atomic mass is 16.5. The number of nitrogens with zero attached hydrogens (tertiary/aromatic N) is 1. The van der Waals surface area contributed by atoms with Crippen molar-refractivity contribution in [3.05, 3.63) is 35.9 Å². The third-order valence-corrected chi connectivity index (χ3v) is 3.07. The fourth-order valence-corrected chi connectivity index (χ4v) is 1.97. The van der Waals surface area contributed by atoms with E-state index in [-0.39, 0.29) is 5.97 Å². The van der Waals surface area contributed by atoms with Crippen LogP contribution in [0.2, 0.25) is 0 Å². The van der Waals surface area contributed by atoms with Gasteiger partial charge in [0, 0.05) is 24.9 Å². The summed E-state index contributed by atoms with van der Waals surface area (Å²) in [6.45, 7) is 10.4. The highest BCUT2D eigenvalue weighted by molar-refractivity contribution is 5.91. The molecule has 1 aromatic rings. The minimum atomic E-state index is -0.284. The van der Waals surface area contributed by atoms with Crippen LogP contribution in [0.1, 0.15) is 33.3 Å². The number of allylic oxidation sites excluding steroid dienone is 1. The number of hydrogen-bond donors (Lipinski definition) is 0. The summed E-state index contributed by atoms with van der Waals surface area (Å²) in [7, 11) is 0. The summed E-state index contributed by atoms with van der Waals surface area (Å²) in [6, 6.07) is 8.26. The molecule has 0 unspecified atom stereocenters. The summed E-state index contributed by atoms with van der Waals surface area (Å²) in [5.74, 6) is -0.284. The molecule has 104 valence electrons. The van der Waals surface area contributed by atoms with Crippen LogP contribution in [0.15, 0.2) is 30.3 Å². The Morgan fingerprint density at radius 3 is 2.21 bits per heavy atom. The molecule has 0 saturated carbocycles. The van der Waals surface area contributed by atoms with E-state index in [0.717, 1.165) is 24.2 Å². The molecule has 0 N–H and O–H groups in total. The van der Waals surface area contributed by atoms with Gasteiger partial charge in [0.2, 0.25) is 0 Å². The van der Waals surface area contributed by atoms with Gasteiger partial charge in [0.25, 0.3) is 0 Å². The molecular formula is C16H23NO2. The molecule has 1 rings (SSSR count). The number of hydrogen-bond acceptors (Lipinski definition) is 3. The Balaban J connectivity index is 2.83. The Hall–Kier alpha value is -1.77. The van der Waals surface area contributed by atoms with E-state index in [9.17, 15) is 4.79 Å². The molecule has 0 atom stereocenters. The summed E-state index contributed by atoms with van der Waals surface area (Å²) in [5.41, 5.74) is 3.17. The van der Waals surface area contributed by atoms with Gasteiger partial charge in [0.05, 0.1) is 6.61 Å². The molecule has 1 aromatic carbocycles. The van der Waals surface area contributed by atoms with Crippen LogP contribution in [0.3, 0.4) is 0 Å². The lowest BCUT2D eigenvalue weighted by Crippen LogP contribution is -2.21. The zero-order chi connectivity index (χ0) is 14.3. The van der Waals surface area contributed by atoms with E-state index in [2.05, 4.69) is 30.9 Å². The number of rotatable bonds is 6. The summed E-state index contributed by atoms with van der Waals surface area (Å²) in [6.07, 6.45) is 1.54. The molecular weight excluding hydrogens is 238 g/mol. The lowest BCUT2D eigenvalue weighted by Gasteiger charge is -2.21. The van der Waals surface area contributed by atoms with E-state index in [1.165, 1.54) is 11.8 Å². The number of anilines is 1. The van der Waals surface area contributed by atoms with Crippen LogP contribution in [0.25, 0.3) is 5.57 Å². The van der Waals surface area contributed by atoms with Crippen molar-refractivity contribution in [2.75, 3.05) is 24.6 Å². The normalized spacial score (nSPS) is 11.3. The fraction of sp³-hybridized carbons (Fsp3) is 0.438. The first-order chi connectivity index (χ1) is 9.12. The molecule has 0 aliphatic rings. The molecule has 0 heterocycles. The maximum Gasteiger partial charge on any atom is 0.331 e. The van der Waals surface area contributed by atoms with Crippen molar-refractivity contribution < 1.29 is 9.53 Å². The first-order valence-electron chi connectivity index (χ1n) is 6.82. The minimum absolute atomic E-state index is 0.284. The van der Waals surface area contributed by atoms with Gasteiger partial charge in [-0.2, -0.15) is 0 Å². The predicted molar refractivity (Wildman–Crippen MR) is 80.3 cm³/mol. The average molecular weight is 261 g/mol. The average Bonchev–Trinajstić information content (AvgIpc) is 2.41. The predicted octanol–water partition coefficient (Wildman–Crippen LogP) is 3.50. The van der Waals surface area contributed by atoms with Crippen molar-refractivity contribution >= 4 is 17.2 Å². The molecule has 0 aromatic heterocycles. The molecule has 0 radical (unpaired) electrons. The molecule has 0 amide bonds. The van der Waals surface area contributed by atoms with Crippen LogP contribution in [0.4, 0.5) is 5.69 Å². The molecule has 3 heteroatoms. The quantitative estimate of drug-likeness (QED) is 0.580. The van der Waals surface area contributed by atoms with Crippen molar-refractivity contribution in [3.63, 3.8) is 0 Å². The molecule has 0 bridgehead atoms. The van der Waals surface area contributed by atoms with Crippen LogP contribution in [0, 0.1) is 0 Å². The van der Waals surface area contributed by atoms with Gasteiger partial charge in [-0.15, -0.1) is 0 Å². The van der Waals surface area contributed by atoms with Gasteiger partial charge in [0.1, 0.15) is 0 Å². The first kappa shape index (κ1) is 15.3. The Kier molecular flexibility index (Phi) is 6.13. The second-order valence-corrected chi connectivity index (χ2v) is 4.30. The van der Waals surface area contributed by atoms with Crippen LogP contribution >= 0.6 is 0 Å². The van der Waals surface area contributed by atoms with Crippen molar-refractivity contribution in [1.82, 2.24) is 0 Å². The van der Waals surface area contributed by atoms with E-state index in [4.69, 9.17) is 4.74 Å². The number of carbonyl (C=O) groups excluding carboxylic acids is 1. The molecule has 3 nitrogen and oxygen atoms in total. The summed E-state index contributed by atoms with van der Waals surface area (Å²) in [5, 5.41) is 0. The molecule has 19 heavy (non-hydrogen) atoms. The van der Waals surface area contributed by atoms with Gasteiger partial charge in [-0.25, -0.2) is 4.79 Å². The van der Waals surface area contributed by atoms with Gasteiger partial charge in [-0.3, -0.25) is 0 Å². The van der Waals surface area contributed by atoms with Gasteiger partial charge in [-0.1, -0.05) is 12.1 Å². The van der Waals surface area contributed by atoms with Gasteiger partial charge < -0.3 is 9.64 Å². The molecule has 0 fully saturated rings. The Labute approximate surface area is 115 Å². The highest BCUT2D eigenvalue weighted by Gasteiger charge is 2.04. The smallest absolute Gasteiger partial charge is 0.331 e. The minimum Gasteiger partial charge on any atom is -0.463 e. The maximum absolute atomic E-state index is 11.4. The van der Waals surface area contributed by atoms with Crippen LogP contribution in [0.5, 0.6) is 0 Å². The number of esters is 1. The SMILES string of the molecule is CCOC(=O)/C=C(/C)c1ccc(N(CC)CC)cc1. The molecule has 0 aliphatic heterocycles. The zero-order valence-corrected chi connectivity index (χ0v) is 12.3. The molecule has 0 saturated heterocycles. The zero-order valence-electron chi connectivity index (χ0n) is 12.3. The Bertz CT molecular complexity index is 431. The fourth-order valence-electron chi connectivity index (χ4n) is 1.97. The summed E-state index contributed by atoms with van der Waals surface area (Å²) < 4.78 is 4.91. The first-order valence-corrected chi connectivity index (χ1v) is 6.82. The molecule has 0 aliphatic carbocycles. The second-order valence-electron chi connectivity index (χ2n) is 4.30. The van der Waals surface area contributed by atoms with E-state index in [0.29, 0.717) is 6.61 Å². The largest absolute Gasteiger partial charge is 0.463 e. The topological polar surface area (TPSA) is 29.5 Å². The summed E-state index contributed by atoms with van der Waals surface area (Å²) in [4.78, 5) is 13.7. The Morgan fingerprint density at radius 1 is 1.16 bits per heavy atom. The van der Waals surface area contributed by atoms with Crippen LogP contribution in [-0.2, 0) is 9.53 Å². The van der Waals surface area contributed by atoms with E-state index >= 15 is 0 Å². The van der Waals surface area contributed by atoms with Crippen LogP contribution in [-0.4, -0.2) is 25.7 Å². The van der Waals surface area contributed by atoms with Crippen molar-refractivity contribution in [3.8, 4) is 0 Å². The van der Waals surface area contributed by atoms with Crippen LogP contribution < -0.4 is 4.90 Å². The highest BCUT2D eigenvalue weighted by Crippen LogP contribution is 2.19. The lowest BCUT2D eigenvalue weighted by molar-refractivity contribution is -0.137. The van der Waals surface area contributed by atoms with Crippen molar-refractivity contribution in [2.45, 2.75) is 27.7 Å². The second kappa shape index (κ2) is 7.62. The third kappa shape index (κ3) is 4.43. The lowest BCUT2D eigenvalue weighted by atomic mass is 10.1.